The van der Waals surface area contributed by atoms with Gasteiger partial charge < -0.3 is 19.6 Å². The molecule has 1 fully saturated rings. The summed E-state index contributed by atoms with van der Waals surface area (Å²) in [4.78, 5) is 21.3. The van der Waals surface area contributed by atoms with Crippen LogP contribution in [0.5, 0.6) is 0 Å². The Morgan fingerprint density at radius 2 is 2.04 bits per heavy atom. The van der Waals surface area contributed by atoms with E-state index in [1.54, 1.807) is 12.3 Å². The summed E-state index contributed by atoms with van der Waals surface area (Å²) in [5.41, 5.74) is 1.73. The van der Waals surface area contributed by atoms with Crippen molar-refractivity contribution in [3.05, 3.63) is 52.9 Å². The highest BCUT2D eigenvalue weighted by Crippen LogP contribution is 2.13. The molecule has 2 heterocycles. The number of carbonyl (C=O) groups excluding carboxylic acids is 1. The third kappa shape index (κ3) is 5.47. The Labute approximate surface area is 164 Å². The summed E-state index contributed by atoms with van der Waals surface area (Å²) < 4.78 is 4.84. The molecule has 1 amide bonds. The van der Waals surface area contributed by atoms with Crippen molar-refractivity contribution >= 4 is 23.5 Å². The summed E-state index contributed by atoms with van der Waals surface area (Å²) in [7, 11) is 0. The molecule has 1 aliphatic heterocycles. The number of carbonyl (C=O) groups is 1. The lowest BCUT2D eigenvalue weighted by Gasteiger charge is -2.36. The van der Waals surface area contributed by atoms with Crippen molar-refractivity contribution < 1.29 is 9.32 Å². The highest BCUT2D eigenvalue weighted by atomic mass is 35.5. The number of guanidine groups is 1. The van der Waals surface area contributed by atoms with E-state index in [0.717, 1.165) is 36.9 Å². The average molecular weight is 390 g/mol. The highest BCUT2D eigenvalue weighted by Gasteiger charge is 2.23. The lowest BCUT2D eigenvalue weighted by atomic mass is 10.1. The van der Waals surface area contributed by atoms with E-state index in [9.17, 15) is 4.79 Å². The fraction of sp³-hybridized carbons (Fsp3) is 0.421. The van der Waals surface area contributed by atoms with Gasteiger partial charge in [-0.3, -0.25) is 4.79 Å². The van der Waals surface area contributed by atoms with E-state index in [1.165, 1.54) is 0 Å². The topological polar surface area (TPSA) is 74.0 Å². The molecule has 8 heteroatoms. The lowest BCUT2D eigenvalue weighted by molar-refractivity contribution is -0.131. The zero-order valence-electron chi connectivity index (χ0n) is 15.4. The maximum Gasteiger partial charge on any atom is 0.227 e. The van der Waals surface area contributed by atoms with E-state index in [2.05, 4.69) is 20.4 Å². The number of aromatic nitrogens is 1. The largest absolute Gasteiger partial charge is 0.364 e. The van der Waals surface area contributed by atoms with Crippen molar-refractivity contribution in [2.45, 2.75) is 19.9 Å². The molecule has 1 saturated heterocycles. The zero-order valence-corrected chi connectivity index (χ0v) is 16.2. The second-order valence-electron chi connectivity index (χ2n) is 6.34. The maximum absolute atomic E-state index is 12.6. The molecule has 27 heavy (non-hydrogen) atoms. The molecule has 1 aliphatic rings. The summed E-state index contributed by atoms with van der Waals surface area (Å²) in [6.45, 7) is 6.12. The monoisotopic (exact) mass is 389 g/mol. The van der Waals surface area contributed by atoms with Gasteiger partial charge in [0, 0.05) is 43.8 Å². The van der Waals surface area contributed by atoms with Crippen LogP contribution in [0.15, 0.2) is 46.1 Å². The van der Waals surface area contributed by atoms with Crippen LogP contribution < -0.4 is 5.32 Å². The fourth-order valence-corrected chi connectivity index (χ4v) is 3.21. The minimum Gasteiger partial charge on any atom is -0.364 e. The number of amides is 1. The molecule has 1 aromatic carbocycles. The van der Waals surface area contributed by atoms with Crippen LogP contribution in [0.1, 0.15) is 18.2 Å². The third-order valence-electron chi connectivity index (χ3n) is 4.39. The molecule has 1 N–H and O–H groups in total. The molecule has 0 spiro atoms. The number of nitrogens with zero attached hydrogens (tertiary/aromatic N) is 4. The molecule has 0 unspecified atom stereocenters. The van der Waals surface area contributed by atoms with E-state index >= 15 is 0 Å². The second kappa shape index (κ2) is 9.41. The second-order valence-corrected chi connectivity index (χ2v) is 6.77. The molecule has 0 saturated carbocycles. The molecule has 3 rings (SSSR count). The first-order valence-corrected chi connectivity index (χ1v) is 9.48. The van der Waals surface area contributed by atoms with Gasteiger partial charge >= 0.3 is 0 Å². The van der Waals surface area contributed by atoms with Gasteiger partial charge in [0.2, 0.25) is 5.91 Å². The Bertz CT molecular complexity index is 770. The number of aliphatic imine (C=N–C) groups is 1. The molecule has 0 radical (unpaired) electrons. The van der Waals surface area contributed by atoms with E-state index in [0.29, 0.717) is 31.1 Å². The van der Waals surface area contributed by atoms with Crippen LogP contribution in [-0.4, -0.2) is 59.5 Å². The number of nitrogens with one attached hydrogen (secondary N) is 1. The standard InChI is InChI=1S/C19H24ClN5O2/c1-2-21-19(22-14-17-6-11-27-23-17)25-9-7-24(8-10-25)18(26)13-15-4-3-5-16(20)12-15/h3-6,11-12H,2,7-10,13-14H2,1H3,(H,21,22). The lowest BCUT2D eigenvalue weighted by Crippen LogP contribution is -2.54. The summed E-state index contributed by atoms with van der Waals surface area (Å²) in [5.74, 6) is 0.962. The number of halogens is 1. The molecule has 2 aromatic rings. The van der Waals surface area contributed by atoms with Gasteiger partial charge in [-0.25, -0.2) is 4.99 Å². The van der Waals surface area contributed by atoms with Crippen LogP contribution >= 0.6 is 11.6 Å². The first-order valence-electron chi connectivity index (χ1n) is 9.10. The number of hydrogen-bond acceptors (Lipinski definition) is 4. The van der Waals surface area contributed by atoms with Crippen molar-refractivity contribution in [3.63, 3.8) is 0 Å². The Hall–Kier alpha value is -2.54. The van der Waals surface area contributed by atoms with E-state index in [4.69, 9.17) is 16.1 Å². The van der Waals surface area contributed by atoms with Gasteiger partial charge in [0.25, 0.3) is 0 Å². The van der Waals surface area contributed by atoms with Gasteiger partial charge in [0.1, 0.15) is 12.0 Å². The highest BCUT2D eigenvalue weighted by molar-refractivity contribution is 6.30. The first kappa shape index (κ1) is 19.2. The molecule has 144 valence electrons. The van der Waals surface area contributed by atoms with Gasteiger partial charge in [0.15, 0.2) is 5.96 Å². The Balaban J connectivity index is 1.54. The van der Waals surface area contributed by atoms with Crippen molar-refractivity contribution in [1.82, 2.24) is 20.3 Å². The van der Waals surface area contributed by atoms with E-state index in [-0.39, 0.29) is 5.91 Å². The van der Waals surface area contributed by atoms with Crippen molar-refractivity contribution in [2.24, 2.45) is 4.99 Å². The number of benzene rings is 1. The average Bonchev–Trinajstić information content (AvgIpc) is 3.19. The predicted octanol–water partition coefficient (Wildman–Crippen LogP) is 2.18. The molecular weight excluding hydrogens is 366 g/mol. The summed E-state index contributed by atoms with van der Waals surface area (Å²) in [6, 6.07) is 9.26. The van der Waals surface area contributed by atoms with Gasteiger partial charge in [-0.05, 0) is 24.6 Å². The van der Waals surface area contributed by atoms with Gasteiger partial charge in [0.05, 0.1) is 13.0 Å². The van der Waals surface area contributed by atoms with Crippen molar-refractivity contribution in [3.8, 4) is 0 Å². The number of rotatable bonds is 5. The number of piperazine rings is 1. The van der Waals surface area contributed by atoms with Crippen LogP contribution in [0, 0.1) is 0 Å². The molecular formula is C19H24ClN5O2. The fourth-order valence-electron chi connectivity index (χ4n) is 3.00. The van der Waals surface area contributed by atoms with Crippen molar-refractivity contribution in [2.75, 3.05) is 32.7 Å². The molecule has 0 bridgehead atoms. The van der Waals surface area contributed by atoms with Crippen LogP contribution in [-0.2, 0) is 17.8 Å². The van der Waals surface area contributed by atoms with E-state index in [1.807, 2.05) is 36.1 Å². The van der Waals surface area contributed by atoms with Crippen LogP contribution in [0.4, 0.5) is 0 Å². The molecule has 0 atom stereocenters. The Kier molecular flexibility index (Phi) is 6.70. The smallest absolute Gasteiger partial charge is 0.227 e. The van der Waals surface area contributed by atoms with Gasteiger partial charge in [-0.2, -0.15) is 0 Å². The first-order chi connectivity index (χ1) is 13.2. The molecule has 7 nitrogen and oxygen atoms in total. The maximum atomic E-state index is 12.6. The summed E-state index contributed by atoms with van der Waals surface area (Å²) >= 11 is 6.00. The zero-order chi connectivity index (χ0) is 19.1. The Morgan fingerprint density at radius 3 is 2.70 bits per heavy atom. The summed E-state index contributed by atoms with van der Waals surface area (Å²) in [6.07, 6.45) is 1.92. The van der Waals surface area contributed by atoms with Crippen LogP contribution in [0.3, 0.4) is 0 Å². The van der Waals surface area contributed by atoms with E-state index < -0.39 is 0 Å². The summed E-state index contributed by atoms with van der Waals surface area (Å²) in [5, 5.41) is 7.84. The normalized spacial score (nSPS) is 15.1. The quantitative estimate of drug-likeness (QED) is 0.626. The predicted molar refractivity (Wildman–Crippen MR) is 105 cm³/mol. The van der Waals surface area contributed by atoms with Gasteiger partial charge in [-0.1, -0.05) is 28.9 Å². The van der Waals surface area contributed by atoms with Crippen molar-refractivity contribution in [1.29, 1.82) is 0 Å². The number of hydrogen-bond donors (Lipinski definition) is 1. The van der Waals surface area contributed by atoms with Crippen LogP contribution in [0.2, 0.25) is 5.02 Å². The minimum absolute atomic E-state index is 0.126. The minimum atomic E-state index is 0.126. The molecule has 0 aliphatic carbocycles. The Morgan fingerprint density at radius 1 is 1.26 bits per heavy atom. The third-order valence-corrected chi connectivity index (χ3v) is 4.63. The van der Waals surface area contributed by atoms with Gasteiger partial charge in [-0.15, -0.1) is 0 Å². The van der Waals surface area contributed by atoms with Crippen LogP contribution in [0.25, 0.3) is 0 Å². The molecule has 1 aromatic heterocycles. The SMILES string of the molecule is CCNC(=NCc1ccon1)N1CCN(C(=O)Cc2cccc(Cl)c2)CC1.